The zero-order valence-corrected chi connectivity index (χ0v) is 14.1. The van der Waals surface area contributed by atoms with Gasteiger partial charge >= 0.3 is 0 Å². The SMILES string of the molecule is CC[C@@H](CCCC(C)C)C1CC[C@H]2C(=O)CCC[C@]12C. The van der Waals surface area contributed by atoms with Crippen LogP contribution in [0.3, 0.4) is 0 Å². The molecule has 2 rings (SSSR count). The predicted octanol–water partition coefficient (Wildman–Crippen LogP) is 5.62. The second-order valence-electron chi connectivity index (χ2n) is 8.06. The molecule has 2 aliphatic carbocycles. The molecule has 116 valence electrons. The second-order valence-corrected chi connectivity index (χ2v) is 8.06. The maximum Gasteiger partial charge on any atom is 0.136 e. The summed E-state index contributed by atoms with van der Waals surface area (Å²) >= 11 is 0. The molecule has 1 nitrogen and oxygen atoms in total. The van der Waals surface area contributed by atoms with Crippen LogP contribution < -0.4 is 0 Å². The van der Waals surface area contributed by atoms with Gasteiger partial charge < -0.3 is 0 Å². The number of Topliss-reactive ketones (excluding diaryl/α,β-unsaturated/α-hetero) is 1. The van der Waals surface area contributed by atoms with E-state index in [1.165, 1.54) is 44.9 Å². The van der Waals surface area contributed by atoms with Crippen molar-refractivity contribution in [2.75, 3.05) is 0 Å². The number of ketones is 1. The Morgan fingerprint density at radius 1 is 1.25 bits per heavy atom. The van der Waals surface area contributed by atoms with Gasteiger partial charge in [0.2, 0.25) is 0 Å². The van der Waals surface area contributed by atoms with Crippen molar-refractivity contribution in [1.29, 1.82) is 0 Å². The summed E-state index contributed by atoms with van der Waals surface area (Å²) < 4.78 is 0. The molecule has 0 radical (unpaired) electrons. The van der Waals surface area contributed by atoms with Crippen molar-refractivity contribution in [1.82, 2.24) is 0 Å². The molecule has 0 spiro atoms. The largest absolute Gasteiger partial charge is 0.299 e. The number of carbonyl (C=O) groups is 1. The zero-order chi connectivity index (χ0) is 14.8. The molecule has 1 heteroatoms. The van der Waals surface area contributed by atoms with E-state index in [9.17, 15) is 4.79 Å². The van der Waals surface area contributed by atoms with E-state index in [2.05, 4.69) is 27.7 Å². The molecule has 20 heavy (non-hydrogen) atoms. The van der Waals surface area contributed by atoms with Gasteiger partial charge in [0.25, 0.3) is 0 Å². The Bertz CT molecular complexity index is 333. The summed E-state index contributed by atoms with van der Waals surface area (Å²) in [6.45, 7) is 9.46. The Kier molecular flexibility index (Phi) is 5.31. The molecule has 0 N–H and O–H groups in total. The van der Waals surface area contributed by atoms with Gasteiger partial charge in [0.1, 0.15) is 5.78 Å². The van der Waals surface area contributed by atoms with Gasteiger partial charge in [0.05, 0.1) is 0 Å². The molecule has 0 aromatic carbocycles. The third-order valence-electron chi connectivity index (χ3n) is 6.39. The minimum absolute atomic E-state index is 0.341. The number of hydrogen-bond donors (Lipinski definition) is 0. The highest BCUT2D eigenvalue weighted by molar-refractivity contribution is 5.83. The van der Waals surface area contributed by atoms with Gasteiger partial charge in [0.15, 0.2) is 0 Å². The van der Waals surface area contributed by atoms with Crippen molar-refractivity contribution in [2.24, 2.45) is 29.1 Å². The third-order valence-corrected chi connectivity index (χ3v) is 6.39. The first-order valence-electron chi connectivity index (χ1n) is 9.01. The first-order valence-corrected chi connectivity index (χ1v) is 9.01. The molecule has 0 heterocycles. The van der Waals surface area contributed by atoms with Gasteiger partial charge in [-0.05, 0) is 48.9 Å². The zero-order valence-electron chi connectivity index (χ0n) is 14.1. The quantitative estimate of drug-likeness (QED) is 0.616. The Balaban J connectivity index is 2.01. The minimum atomic E-state index is 0.341. The summed E-state index contributed by atoms with van der Waals surface area (Å²) in [5, 5.41) is 0. The van der Waals surface area contributed by atoms with E-state index in [-0.39, 0.29) is 0 Å². The van der Waals surface area contributed by atoms with Gasteiger partial charge in [-0.25, -0.2) is 0 Å². The smallest absolute Gasteiger partial charge is 0.136 e. The van der Waals surface area contributed by atoms with Crippen molar-refractivity contribution >= 4 is 5.78 Å². The number of rotatable bonds is 6. The Morgan fingerprint density at radius 3 is 2.65 bits per heavy atom. The van der Waals surface area contributed by atoms with Crippen molar-refractivity contribution in [3.63, 3.8) is 0 Å². The average molecular weight is 278 g/mol. The Morgan fingerprint density at radius 2 is 2.00 bits per heavy atom. The highest BCUT2D eigenvalue weighted by atomic mass is 16.1. The van der Waals surface area contributed by atoms with E-state index in [0.717, 1.165) is 30.6 Å². The normalized spacial score (nSPS) is 35.4. The van der Waals surface area contributed by atoms with Crippen LogP contribution in [-0.2, 0) is 4.79 Å². The average Bonchev–Trinajstić information content (AvgIpc) is 2.73. The lowest BCUT2D eigenvalue weighted by Crippen LogP contribution is -2.39. The van der Waals surface area contributed by atoms with Crippen molar-refractivity contribution in [3.05, 3.63) is 0 Å². The first kappa shape index (κ1) is 16.0. The van der Waals surface area contributed by atoms with Crippen LogP contribution in [0.5, 0.6) is 0 Å². The summed E-state index contributed by atoms with van der Waals surface area (Å²) in [6.07, 6.45) is 11.2. The topological polar surface area (TPSA) is 17.1 Å². The van der Waals surface area contributed by atoms with Crippen LogP contribution in [0.1, 0.15) is 85.5 Å². The summed E-state index contributed by atoms with van der Waals surface area (Å²) in [5.41, 5.74) is 0.341. The van der Waals surface area contributed by atoms with E-state index in [0.29, 0.717) is 17.1 Å². The molecule has 0 amide bonds. The fourth-order valence-electron chi connectivity index (χ4n) is 5.22. The summed E-state index contributed by atoms with van der Waals surface area (Å²) in [4.78, 5) is 12.2. The van der Waals surface area contributed by atoms with E-state index < -0.39 is 0 Å². The highest BCUT2D eigenvalue weighted by Crippen LogP contribution is 2.57. The van der Waals surface area contributed by atoms with Crippen LogP contribution in [0.4, 0.5) is 0 Å². The fraction of sp³-hybridized carbons (Fsp3) is 0.947. The monoisotopic (exact) mass is 278 g/mol. The van der Waals surface area contributed by atoms with Crippen LogP contribution in [0.25, 0.3) is 0 Å². The lowest BCUT2D eigenvalue weighted by Gasteiger charge is -2.43. The molecule has 4 atom stereocenters. The fourth-order valence-corrected chi connectivity index (χ4v) is 5.22. The molecule has 2 fully saturated rings. The molecule has 2 saturated carbocycles. The van der Waals surface area contributed by atoms with Gasteiger partial charge in [-0.3, -0.25) is 4.79 Å². The number of carbonyl (C=O) groups excluding carboxylic acids is 1. The van der Waals surface area contributed by atoms with Crippen LogP contribution in [0.2, 0.25) is 0 Å². The number of fused-ring (bicyclic) bond motifs is 1. The number of hydrogen-bond acceptors (Lipinski definition) is 1. The Labute approximate surface area is 125 Å². The minimum Gasteiger partial charge on any atom is -0.299 e. The van der Waals surface area contributed by atoms with Crippen molar-refractivity contribution in [2.45, 2.75) is 85.5 Å². The molecule has 1 unspecified atom stereocenters. The van der Waals surface area contributed by atoms with Crippen molar-refractivity contribution < 1.29 is 4.79 Å². The summed E-state index contributed by atoms with van der Waals surface area (Å²) in [6, 6.07) is 0. The summed E-state index contributed by atoms with van der Waals surface area (Å²) in [5.74, 6) is 3.48. The first-order chi connectivity index (χ1) is 9.49. The molecular formula is C19H34O. The second kappa shape index (κ2) is 6.62. The molecule has 0 aromatic heterocycles. The van der Waals surface area contributed by atoms with Crippen LogP contribution in [0, 0.1) is 29.1 Å². The van der Waals surface area contributed by atoms with Crippen LogP contribution in [-0.4, -0.2) is 5.78 Å². The highest BCUT2D eigenvalue weighted by Gasteiger charge is 2.52. The molecule has 2 aliphatic rings. The standard InChI is InChI=1S/C19H34O/c1-5-15(9-6-8-14(2)3)16-11-12-17-18(20)10-7-13-19(16,17)4/h14-17H,5-13H2,1-4H3/t15-,16?,17-,19+/m0/s1. The lowest BCUT2D eigenvalue weighted by molar-refractivity contribution is -0.130. The van der Waals surface area contributed by atoms with Crippen LogP contribution in [0.15, 0.2) is 0 Å². The molecule has 0 aromatic rings. The third kappa shape index (κ3) is 3.12. The molecule has 0 saturated heterocycles. The predicted molar refractivity (Wildman–Crippen MR) is 85.6 cm³/mol. The molecule has 0 aliphatic heterocycles. The van der Waals surface area contributed by atoms with Gasteiger partial charge in [-0.2, -0.15) is 0 Å². The summed E-state index contributed by atoms with van der Waals surface area (Å²) in [7, 11) is 0. The van der Waals surface area contributed by atoms with E-state index in [1.54, 1.807) is 0 Å². The van der Waals surface area contributed by atoms with Crippen molar-refractivity contribution in [3.8, 4) is 0 Å². The maximum atomic E-state index is 12.2. The van der Waals surface area contributed by atoms with E-state index >= 15 is 0 Å². The Hall–Kier alpha value is -0.330. The van der Waals surface area contributed by atoms with E-state index in [1.807, 2.05) is 0 Å². The lowest BCUT2D eigenvalue weighted by atomic mass is 9.61. The van der Waals surface area contributed by atoms with Gasteiger partial charge in [-0.1, -0.05) is 53.4 Å². The van der Waals surface area contributed by atoms with Gasteiger partial charge in [0, 0.05) is 12.3 Å². The molecular weight excluding hydrogens is 244 g/mol. The molecule has 0 bridgehead atoms. The maximum absolute atomic E-state index is 12.2. The van der Waals surface area contributed by atoms with Gasteiger partial charge in [-0.15, -0.1) is 0 Å². The van der Waals surface area contributed by atoms with Crippen LogP contribution >= 0.6 is 0 Å². The van der Waals surface area contributed by atoms with E-state index in [4.69, 9.17) is 0 Å².